The van der Waals surface area contributed by atoms with Crippen LogP contribution >= 0.6 is 0 Å². The first kappa shape index (κ1) is 13.0. The van der Waals surface area contributed by atoms with Crippen molar-refractivity contribution in [3.63, 3.8) is 0 Å². The van der Waals surface area contributed by atoms with Crippen molar-refractivity contribution in [2.24, 2.45) is 11.5 Å². The van der Waals surface area contributed by atoms with E-state index in [2.05, 4.69) is 26.0 Å². The minimum atomic E-state index is -0.148. The fourth-order valence-electron chi connectivity index (χ4n) is 1.79. The number of hydrogen-bond acceptors (Lipinski definition) is 3. The second-order valence-corrected chi connectivity index (χ2v) is 4.19. The molecule has 0 aliphatic heterocycles. The Labute approximate surface area is 97.8 Å². The van der Waals surface area contributed by atoms with Crippen LogP contribution in [0.1, 0.15) is 36.1 Å². The zero-order valence-electron chi connectivity index (χ0n) is 10.4. The summed E-state index contributed by atoms with van der Waals surface area (Å²) in [6.07, 6.45) is 0.991. The smallest absolute Gasteiger partial charge is 0.127 e. The summed E-state index contributed by atoms with van der Waals surface area (Å²) in [4.78, 5) is 0. The van der Waals surface area contributed by atoms with Crippen LogP contribution < -0.4 is 16.2 Å². The van der Waals surface area contributed by atoms with Gasteiger partial charge in [-0.3, -0.25) is 0 Å². The summed E-state index contributed by atoms with van der Waals surface area (Å²) in [7, 11) is 0. The number of ether oxygens (including phenoxy) is 1. The molecule has 1 atom stereocenters. The van der Waals surface area contributed by atoms with E-state index < -0.39 is 0 Å². The van der Waals surface area contributed by atoms with Crippen LogP contribution in [0.15, 0.2) is 12.1 Å². The Morgan fingerprint density at radius 1 is 1.31 bits per heavy atom. The van der Waals surface area contributed by atoms with Gasteiger partial charge in [0.25, 0.3) is 0 Å². The van der Waals surface area contributed by atoms with Crippen molar-refractivity contribution < 1.29 is 4.74 Å². The van der Waals surface area contributed by atoms with Gasteiger partial charge in [-0.05, 0) is 25.8 Å². The average Bonchev–Trinajstić information content (AvgIpc) is 2.26. The average molecular weight is 222 g/mol. The van der Waals surface area contributed by atoms with E-state index in [4.69, 9.17) is 16.2 Å². The monoisotopic (exact) mass is 222 g/mol. The Morgan fingerprint density at radius 3 is 2.56 bits per heavy atom. The van der Waals surface area contributed by atoms with Gasteiger partial charge in [0.15, 0.2) is 0 Å². The number of aryl methyl sites for hydroxylation is 2. The fraction of sp³-hybridized carbons (Fsp3) is 0.538. The van der Waals surface area contributed by atoms with E-state index in [9.17, 15) is 0 Å². The van der Waals surface area contributed by atoms with Crippen molar-refractivity contribution in [1.29, 1.82) is 0 Å². The van der Waals surface area contributed by atoms with Crippen LogP contribution in [0.25, 0.3) is 0 Å². The zero-order chi connectivity index (χ0) is 12.1. The van der Waals surface area contributed by atoms with Crippen molar-refractivity contribution in [3.05, 3.63) is 28.8 Å². The Kier molecular flexibility index (Phi) is 4.77. The summed E-state index contributed by atoms with van der Waals surface area (Å²) >= 11 is 0. The largest absolute Gasteiger partial charge is 0.493 e. The molecule has 0 saturated heterocycles. The molecule has 1 rings (SSSR count). The molecule has 0 saturated carbocycles. The molecule has 0 fully saturated rings. The molecule has 3 heteroatoms. The van der Waals surface area contributed by atoms with Crippen LogP contribution in [0, 0.1) is 13.8 Å². The molecule has 0 radical (unpaired) electrons. The van der Waals surface area contributed by atoms with Gasteiger partial charge >= 0.3 is 0 Å². The van der Waals surface area contributed by atoms with Gasteiger partial charge in [-0.25, -0.2) is 0 Å². The Hall–Kier alpha value is -1.06. The molecular formula is C13H22N2O. The Balaban J connectivity index is 3.10. The van der Waals surface area contributed by atoms with Crippen LogP contribution in [-0.4, -0.2) is 13.2 Å². The minimum Gasteiger partial charge on any atom is -0.493 e. The summed E-state index contributed by atoms with van der Waals surface area (Å²) < 4.78 is 5.76. The molecule has 0 bridgehead atoms. The predicted molar refractivity (Wildman–Crippen MR) is 67.7 cm³/mol. The molecular weight excluding hydrogens is 200 g/mol. The number of hydrogen-bond donors (Lipinski definition) is 2. The van der Waals surface area contributed by atoms with E-state index in [0.29, 0.717) is 13.2 Å². The summed E-state index contributed by atoms with van der Waals surface area (Å²) in [6, 6.07) is 4.03. The number of benzene rings is 1. The molecule has 0 aliphatic carbocycles. The lowest BCUT2D eigenvalue weighted by atomic mass is 10.00. The lowest BCUT2D eigenvalue weighted by Gasteiger charge is -2.18. The van der Waals surface area contributed by atoms with Crippen LogP contribution in [0.2, 0.25) is 0 Å². The maximum atomic E-state index is 6.00. The lowest BCUT2D eigenvalue weighted by Crippen LogP contribution is -2.22. The van der Waals surface area contributed by atoms with Crippen LogP contribution in [-0.2, 0) is 0 Å². The van der Waals surface area contributed by atoms with Crippen LogP contribution in [0.3, 0.4) is 0 Å². The maximum absolute atomic E-state index is 6.00. The Morgan fingerprint density at radius 2 is 2.00 bits per heavy atom. The zero-order valence-corrected chi connectivity index (χ0v) is 10.4. The van der Waals surface area contributed by atoms with Gasteiger partial charge in [0, 0.05) is 18.2 Å². The molecule has 0 amide bonds. The fourth-order valence-corrected chi connectivity index (χ4v) is 1.79. The van der Waals surface area contributed by atoms with Crippen LogP contribution in [0.4, 0.5) is 0 Å². The first-order chi connectivity index (χ1) is 7.60. The second-order valence-electron chi connectivity index (χ2n) is 4.19. The SMILES string of the molecule is CCCOc1c(C)cc(C)cc1C(N)CN. The minimum absolute atomic E-state index is 0.148. The molecule has 16 heavy (non-hydrogen) atoms. The quantitative estimate of drug-likeness (QED) is 0.801. The highest BCUT2D eigenvalue weighted by atomic mass is 16.5. The third kappa shape index (κ3) is 2.97. The summed E-state index contributed by atoms with van der Waals surface area (Å²) in [5, 5.41) is 0. The molecule has 1 aromatic rings. The van der Waals surface area contributed by atoms with Gasteiger partial charge in [0.05, 0.1) is 6.61 Å². The lowest BCUT2D eigenvalue weighted by molar-refractivity contribution is 0.310. The number of nitrogens with two attached hydrogens (primary N) is 2. The Bertz CT molecular complexity index is 350. The molecule has 0 heterocycles. The molecule has 3 nitrogen and oxygen atoms in total. The van der Waals surface area contributed by atoms with Gasteiger partial charge in [0.2, 0.25) is 0 Å². The van der Waals surface area contributed by atoms with E-state index in [1.807, 2.05) is 6.92 Å². The summed E-state index contributed by atoms with van der Waals surface area (Å²) in [5.74, 6) is 0.908. The molecule has 4 N–H and O–H groups in total. The molecule has 0 spiro atoms. The molecule has 0 aromatic heterocycles. The highest BCUT2D eigenvalue weighted by Crippen LogP contribution is 2.29. The highest BCUT2D eigenvalue weighted by molar-refractivity contribution is 5.45. The van der Waals surface area contributed by atoms with E-state index >= 15 is 0 Å². The van der Waals surface area contributed by atoms with E-state index in [1.165, 1.54) is 5.56 Å². The van der Waals surface area contributed by atoms with Crippen molar-refractivity contribution in [3.8, 4) is 5.75 Å². The first-order valence-electron chi connectivity index (χ1n) is 5.79. The van der Waals surface area contributed by atoms with Gasteiger partial charge in [-0.2, -0.15) is 0 Å². The van der Waals surface area contributed by atoms with Crippen LogP contribution in [0.5, 0.6) is 5.75 Å². The highest BCUT2D eigenvalue weighted by Gasteiger charge is 2.13. The standard InChI is InChI=1S/C13H22N2O/c1-4-5-16-13-10(3)6-9(2)7-11(13)12(15)8-14/h6-7,12H,4-5,8,14-15H2,1-3H3. The van der Waals surface area contributed by atoms with Gasteiger partial charge in [0.1, 0.15) is 5.75 Å². The number of rotatable bonds is 5. The van der Waals surface area contributed by atoms with Gasteiger partial charge in [-0.1, -0.05) is 24.6 Å². The topological polar surface area (TPSA) is 61.3 Å². The second kappa shape index (κ2) is 5.87. The van der Waals surface area contributed by atoms with E-state index in [-0.39, 0.29) is 6.04 Å². The van der Waals surface area contributed by atoms with Gasteiger partial charge in [-0.15, -0.1) is 0 Å². The summed E-state index contributed by atoms with van der Waals surface area (Å²) in [5.41, 5.74) is 15.0. The normalized spacial score (nSPS) is 12.6. The molecule has 1 unspecified atom stereocenters. The first-order valence-corrected chi connectivity index (χ1v) is 5.79. The van der Waals surface area contributed by atoms with Crippen molar-refractivity contribution >= 4 is 0 Å². The van der Waals surface area contributed by atoms with Crippen molar-refractivity contribution in [1.82, 2.24) is 0 Å². The van der Waals surface area contributed by atoms with Crippen molar-refractivity contribution in [2.75, 3.05) is 13.2 Å². The predicted octanol–water partition coefficient (Wildman–Crippen LogP) is 2.05. The summed E-state index contributed by atoms with van der Waals surface area (Å²) in [6.45, 7) is 7.35. The van der Waals surface area contributed by atoms with Crippen molar-refractivity contribution in [2.45, 2.75) is 33.2 Å². The molecule has 1 aromatic carbocycles. The maximum Gasteiger partial charge on any atom is 0.127 e. The van der Waals surface area contributed by atoms with E-state index in [1.54, 1.807) is 0 Å². The van der Waals surface area contributed by atoms with Gasteiger partial charge < -0.3 is 16.2 Å². The third-order valence-corrected chi connectivity index (χ3v) is 2.55. The molecule has 0 aliphatic rings. The van der Waals surface area contributed by atoms with E-state index in [0.717, 1.165) is 23.3 Å². The third-order valence-electron chi connectivity index (χ3n) is 2.55. The molecule has 90 valence electrons.